The SMILES string of the molecule is [C-]#[N+]c1cc(C(C)(C)c2ccc(OCc3ccnc(N4CCC5(CC4)CCN(C4CCN(C6CN(C(=O)OC(C)(C)C)C6)CC4)CC5)n3)cc2)cc(Cl)c1OCCCl. The summed E-state index contributed by atoms with van der Waals surface area (Å²) in [4.78, 5) is 35.2. The van der Waals surface area contributed by atoms with Crippen molar-refractivity contribution in [3.05, 3.63) is 81.9 Å². The van der Waals surface area contributed by atoms with Crippen molar-refractivity contribution in [3.8, 4) is 11.5 Å². The number of likely N-dealkylation sites (tertiary alicyclic amines) is 3. The summed E-state index contributed by atoms with van der Waals surface area (Å²) in [6.45, 7) is 26.5. The van der Waals surface area contributed by atoms with Crippen LogP contribution in [0.2, 0.25) is 5.02 Å². The van der Waals surface area contributed by atoms with Gasteiger partial charge in [0.25, 0.3) is 0 Å². The first-order valence-electron chi connectivity index (χ1n) is 20.9. The molecular formula is C45H59Cl2N7O4. The maximum Gasteiger partial charge on any atom is 0.410 e. The highest BCUT2D eigenvalue weighted by atomic mass is 35.5. The van der Waals surface area contributed by atoms with Crippen LogP contribution in [0.5, 0.6) is 11.5 Å². The van der Waals surface area contributed by atoms with E-state index in [1.165, 1.54) is 51.6 Å². The number of carbonyl (C=O) groups is 1. The molecule has 4 fully saturated rings. The molecule has 0 bridgehead atoms. The van der Waals surface area contributed by atoms with Gasteiger partial charge in [-0.05, 0) is 119 Å². The van der Waals surface area contributed by atoms with Crippen molar-refractivity contribution < 1.29 is 19.0 Å². The van der Waals surface area contributed by atoms with Crippen molar-refractivity contribution in [1.82, 2.24) is 24.7 Å². The van der Waals surface area contributed by atoms with Crippen molar-refractivity contribution in [2.75, 3.05) is 69.7 Å². The molecule has 4 aliphatic rings. The van der Waals surface area contributed by atoms with E-state index in [0.29, 0.717) is 46.4 Å². The van der Waals surface area contributed by atoms with E-state index in [-0.39, 0.29) is 12.7 Å². The molecule has 2 aromatic carbocycles. The maximum absolute atomic E-state index is 12.4. The van der Waals surface area contributed by atoms with Gasteiger partial charge in [-0.25, -0.2) is 19.6 Å². The lowest BCUT2D eigenvalue weighted by atomic mass is 9.71. The third kappa shape index (κ3) is 9.79. The van der Waals surface area contributed by atoms with E-state index in [4.69, 9.17) is 49.0 Å². The van der Waals surface area contributed by atoms with Crippen molar-refractivity contribution in [2.45, 2.75) is 103 Å². The van der Waals surface area contributed by atoms with E-state index >= 15 is 0 Å². The summed E-state index contributed by atoms with van der Waals surface area (Å²) < 4.78 is 17.4. The molecule has 0 N–H and O–H groups in total. The molecule has 0 unspecified atom stereocenters. The molecule has 7 rings (SSSR count). The number of halogens is 2. The molecule has 1 amide bonds. The van der Waals surface area contributed by atoms with Crippen LogP contribution in [-0.2, 0) is 16.8 Å². The van der Waals surface area contributed by atoms with Crippen molar-refractivity contribution in [2.24, 2.45) is 5.41 Å². The average Bonchev–Trinajstić information content (AvgIpc) is 3.19. The van der Waals surface area contributed by atoms with Crippen LogP contribution < -0.4 is 14.4 Å². The zero-order valence-corrected chi connectivity index (χ0v) is 36.3. The van der Waals surface area contributed by atoms with E-state index in [1.54, 1.807) is 0 Å². The molecule has 0 atom stereocenters. The number of amides is 1. The molecule has 1 aromatic heterocycles. The zero-order chi connectivity index (χ0) is 41.1. The normalized spacial score (nSPS) is 19.8. The maximum atomic E-state index is 12.4. The van der Waals surface area contributed by atoms with Crippen LogP contribution >= 0.6 is 23.2 Å². The van der Waals surface area contributed by atoms with Crippen LogP contribution in [0.25, 0.3) is 4.85 Å². The third-order valence-electron chi connectivity index (χ3n) is 12.9. The Morgan fingerprint density at radius 1 is 0.879 bits per heavy atom. The summed E-state index contributed by atoms with van der Waals surface area (Å²) in [5.74, 6) is 2.23. The van der Waals surface area contributed by atoms with Gasteiger partial charge in [-0.3, -0.25) is 4.90 Å². The number of alkyl halides is 1. The molecule has 11 nitrogen and oxygen atoms in total. The molecule has 4 aliphatic heterocycles. The number of aromatic nitrogens is 2. The fraction of sp³-hybridized carbons (Fsp3) is 0.600. The Kier molecular flexibility index (Phi) is 13.0. The minimum absolute atomic E-state index is 0.183. The number of nitrogens with zero attached hydrogens (tertiary/aromatic N) is 7. The van der Waals surface area contributed by atoms with Gasteiger partial charge in [-0.15, -0.1) is 11.6 Å². The topological polar surface area (TPSA) is 87.9 Å². The molecule has 13 heteroatoms. The highest BCUT2D eigenvalue weighted by molar-refractivity contribution is 6.32. The number of hydrogen-bond donors (Lipinski definition) is 0. The highest BCUT2D eigenvalue weighted by Crippen LogP contribution is 2.44. The summed E-state index contributed by atoms with van der Waals surface area (Å²) in [6.07, 6.45) is 8.99. The van der Waals surface area contributed by atoms with Gasteiger partial charge in [0.15, 0.2) is 0 Å². The molecule has 1 spiro atoms. The van der Waals surface area contributed by atoms with Crippen molar-refractivity contribution in [3.63, 3.8) is 0 Å². The Labute approximate surface area is 354 Å². The Bertz CT molecular complexity index is 1920. The minimum Gasteiger partial charge on any atom is -0.502 e. The number of piperidine rings is 3. The fourth-order valence-electron chi connectivity index (χ4n) is 9.04. The second-order valence-corrected chi connectivity index (χ2v) is 18.9. The van der Waals surface area contributed by atoms with E-state index in [9.17, 15) is 4.79 Å². The van der Waals surface area contributed by atoms with Crippen LogP contribution in [0.3, 0.4) is 0 Å². The van der Waals surface area contributed by atoms with Gasteiger partial charge in [0.2, 0.25) is 11.6 Å². The molecule has 0 radical (unpaired) electrons. The van der Waals surface area contributed by atoms with Crippen LogP contribution in [-0.4, -0.2) is 113 Å². The summed E-state index contributed by atoms with van der Waals surface area (Å²) >= 11 is 12.4. The van der Waals surface area contributed by atoms with Gasteiger partial charge in [0.1, 0.15) is 23.7 Å². The molecule has 4 saturated heterocycles. The lowest BCUT2D eigenvalue weighted by molar-refractivity contribution is -0.0288. The Hall–Kier alpha value is -3.82. The first kappa shape index (κ1) is 42.3. The molecule has 0 saturated carbocycles. The standard InChI is InChI=1S/C45H59Cl2N7O4/c1-43(2,3)58-42(55)54-29-36(30-54)51-20-12-35(13-21-51)52-22-14-45(15-23-52)16-24-53(25-17-45)41-49-19-11-34(50-41)31-57-37-9-7-32(8-10-37)44(4,5)33-27-38(47)40(56-26-18-46)39(28-33)48-6/h7-11,19,27-28,35-36H,12-18,20-26,29-31H2,1-5H3. The van der Waals surface area contributed by atoms with Crippen LogP contribution in [0, 0.1) is 12.0 Å². The van der Waals surface area contributed by atoms with Gasteiger partial charge in [0.05, 0.1) is 29.8 Å². The molecule has 312 valence electrons. The highest BCUT2D eigenvalue weighted by Gasteiger charge is 2.42. The smallest absolute Gasteiger partial charge is 0.410 e. The predicted molar refractivity (Wildman–Crippen MR) is 230 cm³/mol. The first-order chi connectivity index (χ1) is 27.8. The molecule has 5 heterocycles. The van der Waals surface area contributed by atoms with Gasteiger partial charge in [-0.1, -0.05) is 37.6 Å². The largest absolute Gasteiger partial charge is 0.502 e. The van der Waals surface area contributed by atoms with E-state index in [0.717, 1.165) is 67.8 Å². The summed E-state index contributed by atoms with van der Waals surface area (Å²) in [5, 5.41) is 0.403. The molecule has 3 aromatic rings. The Balaban J connectivity index is 0.847. The second kappa shape index (κ2) is 17.8. The number of carbonyl (C=O) groups excluding carboxylic acids is 1. The monoisotopic (exact) mass is 831 g/mol. The Morgan fingerprint density at radius 2 is 1.53 bits per heavy atom. The molecular weight excluding hydrogens is 773 g/mol. The van der Waals surface area contributed by atoms with E-state index < -0.39 is 11.0 Å². The van der Waals surface area contributed by atoms with Crippen molar-refractivity contribution in [1.29, 1.82) is 0 Å². The van der Waals surface area contributed by atoms with Crippen LogP contribution in [0.1, 0.15) is 90.0 Å². The second-order valence-electron chi connectivity index (χ2n) is 18.1. The third-order valence-corrected chi connectivity index (χ3v) is 13.3. The Morgan fingerprint density at radius 3 is 2.17 bits per heavy atom. The van der Waals surface area contributed by atoms with Crippen molar-refractivity contribution >= 4 is 40.9 Å². The summed E-state index contributed by atoms with van der Waals surface area (Å²) in [5.41, 5.74) is 2.77. The molecule has 0 aliphatic carbocycles. The zero-order valence-electron chi connectivity index (χ0n) is 34.8. The lowest BCUT2D eigenvalue weighted by Crippen LogP contribution is -2.63. The number of ether oxygens (including phenoxy) is 3. The van der Waals surface area contributed by atoms with Crippen LogP contribution in [0.4, 0.5) is 16.4 Å². The fourth-order valence-corrected chi connectivity index (χ4v) is 9.38. The quantitative estimate of drug-likeness (QED) is 0.139. The van der Waals surface area contributed by atoms with Gasteiger partial charge in [0, 0.05) is 63.0 Å². The first-order valence-corrected chi connectivity index (χ1v) is 21.8. The summed E-state index contributed by atoms with van der Waals surface area (Å²) in [7, 11) is 0. The van der Waals surface area contributed by atoms with E-state index in [2.05, 4.69) is 50.5 Å². The lowest BCUT2D eigenvalue weighted by Gasteiger charge is -2.51. The number of rotatable bonds is 11. The number of benzene rings is 2. The summed E-state index contributed by atoms with van der Waals surface area (Å²) in [6, 6.07) is 14.8. The van der Waals surface area contributed by atoms with Gasteiger partial charge >= 0.3 is 6.09 Å². The van der Waals surface area contributed by atoms with Gasteiger partial charge in [-0.2, -0.15) is 0 Å². The molecule has 58 heavy (non-hydrogen) atoms. The number of hydrogen-bond acceptors (Lipinski definition) is 9. The average molecular weight is 833 g/mol. The minimum atomic E-state index is -0.446. The number of anilines is 1. The van der Waals surface area contributed by atoms with Crippen LogP contribution in [0.15, 0.2) is 48.7 Å². The predicted octanol–water partition coefficient (Wildman–Crippen LogP) is 8.97. The van der Waals surface area contributed by atoms with E-state index in [1.807, 2.05) is 62.2 Å². The van der Waals surface area contributed by atoms with Gasteiger partial charge < -0.3 is 28.9 Å².